The number of aryl methyl sites for hydroxylation is 1. The minimum Gasteiger partial charge on any atom is -0.497 e. The van der Waals surface area contributed by atoms with Gasteiger partial charge in [0.05, 0.1) is 18.7 Å². The lowest BCUT2D eigenvalue weighted by atomic mass is 10.1. The summed E-state index contributed by atoms with van der Waals surface area (Å²) in [5, 5.41) is 7.57. The number of guanidine groups is 1. The maximum Gasteiger partial charge on any atom is 0.191 e. The molecule has 1 aromatic carbocycles. The zero-order valence-corrected chi connectivity index (χ0v) is 20.2. The number of ether oxygens (including phenoxy) is 1. The van der Waals surface area contributed by atoms with Crippen molar-refractivity contribution in [1.29, 1.82) is 0 Å². The number of halogens is 2. The van der Waals surface area contributed by atoms with Crippen molar-refractivity contribution in [2.75, 3.05) is 31.6 Å². The average molecular weight is 530 g/mol. The van der Waals surface area contributed by atoms with E-state index in [0.29, 0.717) is 17.6 Å². The smallest absolute Gasteiger partial charge is 0.191 e. The highest BCUT2D eigenvalue weighted by molar-refractivity contribution is 14.0. The molecule has 1 aromatic heterocycles. The molecular weight excluding hydrogens is 501 g/mol. The molecule has 1 aliphatic rings. The third-order valence-electron chi connectivity index (χ3n) is 4.68. The minimum absolute atomic E-state index is 0. The first kappa shape index (κ1) is 23.5. The van der Waals surface area contributed by atoms with E-state index in [0.717, 1.165) is 49.1 Å². The summed E-state index contributed by atoms with van der Waals surface area (Å²) in [6.45, 7) is 7.31. The number of benzene rings is 1. The molecule has 0 bridgehead atoms. The molecule has 1 saturated heterocycles. The highest BCUT2D eigenvalue weighted by atomic mass is 127. The Morgan fingerprint density at radius 2 is 2.21 bits per heavy atom. The van der Waals surface area contributed by atoms with E-state index in [9.17, 15) is 0 Å². The molecule has 8 heteroatoms. The zero-order chi connectivity index (χ0) is 19.9. The molecule has 1 fully saturated rings. The van der Waals surface area contributed by atoms with Gasteiger partial charge in [-0.2, -0.15) is 0 Å². The number of pyridine rings is 1. The molecule has 1 atom stereocenters. The second-order valence-corrected chi connectivity index (χ2v) is 7.35. The first-order chi connectivity index (χ1) is 13.6. The van der Waals surface area contributed by atoms with Crippen molar-refractivity contribution in [2.45, 2.75) is 32.9 Å². The Morgan fingerprint density at radius 3 is 2.93 bits per heavy atom. The topological polar surface area (TPSA) is 61.8 Å². The van der Waals surface area contributed by atoms with Gasteiger partial charge < -0.3 is 20.3 Å². The largest absolute Gasteiger partial charge is 0.497 e. The molecule has 6 nitrogen and oxygen atoms in total. The van der Waals surface area contributed by atoms with Crippen LogP contribution in [0.15, 0.2) is 41.5 Å². The Kier molecular flexibility index (Phi) is 9.29. The van der Waals surface area contributed by atoms with E-state index in [4.69, 9.17) is 21.3 Å². The van der Waals surface area contributed by atoms with Crippen LogP contribution < -0.4 is 20.3 Å². The Hall–Kier alpha value is -1.74. The first-order valence-corrected chi connectivity index (χ1v) is 10.0. The van der Waals surface area contributed by atoms with Gasteiger partial charge in [0.25, 0.3) is 0 Å². The number of anilines is 1. The predicted octanol–water partition coefficient (Wildman–Crippen LogP) is 4.00. The van der Waals surface area contributed by atoms with Crippen LogP contribution in [0.3, 0.4) is 0 Å². The quantitative estimate of drug-likeness (QED) is 0.336. The number of hydrogen-bond donors (Lipinski definition) is 2. The van der Waals surface area contributed by atoms with Gasteiger partial charge in [0.2, 0.25) is 0 Å². The summed E-state index contributed by atoms with van der Waals surface area (Å²) in [5.41, 5.74) is 2.29. The van der Waals surface area contributed by atoms with Gasteiger partial charge in [-0.3, -0.25) is 0 Å². The predicted molar refractivity (Wildman–Crippen MR) is 131 cm³/mol. The Bertz CT molecular complexity index is 832. The van der Waals surface area contributed by atoms with Crippen LogP contribution in [0.25, 0.3) is 0 Å². The van der Waals surface area contributed by atoms with E-state index in [1.54, 1.807) is 13.3 Å². The molecule has 2 heterocycles. The zero-order valence-electron chi connectivity index (χ0n) is 17.1. The molecule has 158 valence electrons. The molecule has 1 unspecified atom stereocenters. The van der Waals surface area contributed by atoms with Crippen LogP contribution in [-0.4, -0.2) is 43.7 Å². The normalized spacial score (nSPS) is 16.3. The van der Waals surface area contributed by atoms with Gasteiger partial charge in [-0.15, -0.1) is 24.0 Å². The third-order valence-corrected chi connectivity index (χ3v) is 4.97. The molecule has 3 rings (SSSR count). The summed E-state index contributed by atoms with van der Waals surface area (Å²) in [6.07, 6.45) is 2.79. The van der Waals surface area contributed by atoms with E-state index < -0.39 is 0 Å². The van der Waals surface area contributed by atoms with Crippen LogP contribution in [0.2, 0.25) is 5.02 Å². The summed E-state index contributed by atoms with van der Waals surface area (Å²) in [6, 6.07) is 10.2. The van der Waals surface area contributed by atoms with Gasteiger partial charge in [-0.1, -0.05) is 17.7 Å². The maximum absolute atomic E-state index is 6.29. The van der Waals surface area contributed by atoms with E-state index in [2.05, 4.69) is 40.4 Å². The van der Waals surface area contributed by atoms with E-state index in [1.807, 2.05) is 24.3 Å². The Balaban J connectivity index is 0.00000300. The number of hydrogen-bond acceptors (Lipinski definition) is 4. The lowest BCUT2D eigenvalue weighted by molar-refractivity contribution is 0.414. The lowest BCUT2D eigenvalue weighted by Gasteiger charge is -2.20. The molecule has 0 spiro atoms. The summed E-state index contributed by atoms with van der Waals surface area (Å²) in [4.78, 5) is 11.4. The summed E-state index contributed by atoms with van der Waals surface area (Å²) >= 11 is 6.29. The van der Waals surface area contributed by atoms with Crippen molar-refractivity contribution >= 4 is 47.4 Å². The molecule has 0 saturated carbocycles. The van der Waals surface area contributed by atoms with Crippen LogP contribution in [0, 0.1) is 6.92 Å². The second kappa shape index (κ2) is 11.4. The van der Waals surface area contributed by atoms with Crippen molar-refractivity contribution in [3.8, 4) is 5.75 Å². The molecule has 1 aliphatic heterocycles. The van der Waals surface area contributed by atoms with E-state index in [-0.39, 0.29) is 24.0 Å². The fourth-order valence-electron chi connectivity index (χ4n) is 3.40. The number of aliphatic imine (C=N–C) groups is 1. The van der Waals surface area contributed by atoms with Gasteiger partial charge in [0.15, 0.2) is 5.96 Å². The highest BCUT2D eigenvalue weighted by Crippen LogP contribution is 2.25. The second-order valence-electron chi connectivity index (χ2n) is 6.94. The molecule has 0 amide bonds. The van der Waals surface area contributed by atoms with Crippen LogP contribution in [0.4, 0.5) is 5.82 Å². The molecule has 29 heavy (non-hydrogen) atoms. The number of rotatable bonds is 6. The van der Waals surface area contributed by atoms with Crippen LogP contribution in [0.1, 0.15) is 24.5 Å². The van der Waals surface area contributed by atoms with Gasteiger partial charge in [-0.25, -0.2) is 9.98 Å². The van der Waals surface area contributed by atoms with Gasteiger partial charge in [-0.05, 0) is 55.7 Å². The van der Waals surface area contributed by atoms with Gasteiger partial charge in [0, 0.05) is 31.9 Å². The summed E-state index contributed by atoms with van der Waals surface area (Å²) in [7, 11) is 1.69. The van der Waals surface area contributed by atoms with Crippen molar-refractivity contribution in [3.05, 3.63) is 52.7 Å². The van der Waals surface area contributed by atoms with E-state index in [1.165, 1.54) is 5.56 Å². The molecule has 0 radical (unpaired) electrons. The Morgan fingerprint density at radius 1 is 1.38 bits per heavy atom. The summed E-state index contributed by atoms with van der Waals surface area (Å²) in [5.74, 6) is 2.53. The monoisotopic (exact) mass is 529 g/mol. The Labute approximate surface area is 195 Å². The highest BCUT2D eigenvalue weighted by Gasteiger charge is 2.25. The van der Waals surface area contributed by atoms with Gasteiger partial charge in [0.1, 0.15) is 11.6 Å². The number of methoxy groups -OCH3 is 1. The van der Waals surface area contributed by atoms with E-state index >= 15 is 0 Å². The van der Waals surface area contributed by atoms with Crippen LogP contribution >= 0.6 is 35.6 Å². The van der Waals surface area contributed by atoms with Crippen molar-refractivity contribution < 1.29 is 4.74 Å². The van der Waals surface area contributed by atoms with Crippen molar-refractivity contribution in [1.82, 2.24) is 15.6 Å². The van der Waals surface area contributed by atoms with Crippen LogP contribution in [-0.2, 0) is 6.54 Å². The molecular formula is C21H29ClIN5O. The van der Waals surface area contributed by atoms with Crippen LogP contribution in [0.5, 0.6) is 5.75 Å². The first-order valence-electron chi connectivity index (χ1n) is 9.64. The SMILES string of the molecule is CCNC(=NCc1cc(C)cc(OC)c1)NC1CCN(c2ncccc2Cl)C1.I. The van der Waals surface area contributed by atoms with Crippen molar-refractivity contribution in [2.24, 2.45) is 4.99 Å². The molecule has 2 aromatic rings. The lowest BCUT2D eigenvalue weighted by Crippen LogP contribution is -2.44. The summed E-state index contributed by atoms with van der Waals surface area (Å²) < 4.78 is 5.36. The number of nitrogens with one attached hydrogen (secondary N) is 2. The number of nitrogens with zero attached hydrogens (tertiary/aromatic N) is 3. The maximum atomic E-state index is 6.29. The molecule has 2 N–H and O–H groups in total. The van der Waals surface area contributed by atoms with Gasteiger partial charge >= 0.3 is 0 Å². The average Bonchev–Trinajstić information content (AvgIpc) is 3.14. The standard InChI is InChI=1S/C21H28ClN5O.HI/c1-4-23-21(25-13-16-10-15(2)11-18(12-16)28-3)26-17-7-9-27(14-17)20-19(22)6-5-8-24-20;/h5-6,8,10-12,17H,4,7,9,13-14H2,1-3H3,(H2,23,25,26);1H. The minimum atomic E-state index is 0. The number of aromatic nitrogens is 1. The third kappa shape index (κ3) is 6.64. The fraction of sp³-hybridized carbons (Fsp3) is 0.429. The molecule has 0 aliphatic carbocycles. The fourth-order valence-corrected chi connectivity index (χ4v) is 3.64. The van der Waals surface area contributed by atoms with Crippen molar-refractivity contribution in [3.63, 3.8) is 0 Å².